The van der Waals surface area contributed by atoms with Gasteiger partial charge in [0.15, 0.2) is 0 Å². The van der Waals surface area contributed by atoms with E-state index in [9.17, 15) is 14.7 Å². The Morgan fingerprint density at radius 1 is 1.17 bits per heavy atom. The molecule has 0 aliphatic carbocycles. The number of aryl methyl sites for hydroxylation is 1. The Bertz CT molecular complexity index is 1090. The maximum absolute atomic E-state index is 12.9. The van der Waals surface area contributed by atoms with Gasteiger partial charge in [-0.2, -0.15) is 0 Å². The molecular weight excluding hydrogens is 392 g/mol. The van der Waals surface area contributed by atoms with Crippen molar-refractivity contribution >= 4 is 28.4 Å². The summed E-state index contributed by atoms with van der Waals surface area (Å²) in [6.07, 6.45) is 0.0629. The van der Waals surface area contributed by atoms with Crippen LogP contribution in [0.5, 0.6) is 5.75 Å². The lowest BCUT2D eigenvalue weighted by Crippen LogP contribution is -2.36. The number of aromatic nitrogens is 1. The van der Waals surface area contributed by atoms with Crippen LogP contribution < -0.4 is 10.3 Å². The molecule has 0 spiro atoms. The molecule has 0 bridgehead atoms. The Balaban J connectivity index is 1.84. The molecular formula is C22H23ClN2O4. The fourth-order valence-corrected chi connectivity index (χ4v) is 3.42. The minimum atomic E-state index is -0.250. The summed E-state index contributed by atoms with van der Waals surface area (Å²) in [7, 11) is 1.54. The predicted octanol–water partition coefficient (Wildman–Crippen LogP) is 3.06. The number of ether oxygens (including phenoxy) is 1. The standard InChI is InChI=1S/C22H23ClN2O4/c1-14-3-6-20-16(9-14)10-17(22(28)24-20)13-25(7-8-26)21(27)11-15-4-5-18(29-2)12-19(15)23/h3-6,9-10,12,26H,7-8,11,13H2,1-2H3,(H,24,28). The number of carbonyl (C=O) groups excluding carboxylic acids is 1. The number of H-pyrrole nitrogens is 1. The van der Waals surface area contributed by atoms with Gasteiger partial charge in [0.2, 0.25) is 5.91 Å². The molecule has 1 heterocycles. The maximum atomic E-state index is 12.9. The van der Waals surface area contributed by atoms with Crippen molar-refractivity contribution in [1.29, 1.82) is 0 Å². The number of carbonyl (C=O) groups is 1. The number of methoxy groups -OCH3 is 1. The van der Waals surface area contributed by atoms with Crippen molar-refractivity contribution in [2.24, 2.45) is 0 Å². The largest absolute Gasteiger partial charge is 0.497 e. The topological polar surface area (TPSA) is 82.6 Å². The van der Waals surface area contributed by atoms with Gasteiger partial charge < -0.3 is 19.7 Å². The number of aromatic amines is 1. The van der Waals surface area contributed by atoms with Crippen molar-refractivity contribution in [2.45, 2.75) is 19.9 Å². The van der Waals surface area contributed by atoms with Gasteiger partial charge in [-0.1, -0.05) is 29.3 Å². The van der Waals surface area contributed by atoms with Crippen LogP contribution in [0.15, 0.2) is 47.3 Å². The van der Waals surface area contributed by atoms with E-state index in [1.807, 2.05) is 25.1 Å². The number of benzene rings is 2. The van der Waals surface area contributed by atoms with Gasteiger partial charge in [-0.15, -0.1) is 0 Å². The first kappa shape index (κ1) is 20.9. The molecule has 6 nitrogen and oxygen atoms in total. The van der Waals surface area contributed by atoms with Crippen LogP contribution in [0.25, 0.3) is 10.9 Å². The number of nitrogens with zero attached hydrogens (tertiary/aromatic N) is 1. The van der Waals surface area contributed by atoms with Crippen LogP contribution >= 0.6 is 11.6 Å². The lowest BCUT2D eigenvalue weighted by molar-refractivity contribution is -0.131. The SMILES string of the molecule is COc1ccc(CC(=O)N(CCO)Cc2cc3cc(C)ccc3[nH]c2=O)c(Cl)c1. The highest BCUT2D eigenvalue weighted by Gasteiger charge is 2.18. The molecule has 2 aromatic carbocycles. The normalized spacial score (nSPS) is 10.9. The van der Waals surface area contributed by atoms with Crippen LogP contribution in [0.1, 0.15) is 16.7 Å². The summed E-state index contributed by atoms with van der Waals surface area (Å²) in [4.78, 5) is 29.6. The molecule has 0 saturated carbocycles. The summed E-state index contributed by atoms with van der Waals surface area (Å²) in [6.45, 7) is 2.00. The van der Waals surface area contributed by atoms with Crippen LogP contribution in [-0.4, -0.2) is 41.2 Å². The Kier molecular flexibility index (Phi) is 6.56. The molecule has 29 heavy (non-hydrogen) atoms. The van der Waals surface area contributed by atoms with Gasteiger partial charge >= 0.3 is 0 Å². The van der Waals surface area contributed by atoms with Gasteiger partial charge in [-0.3, -0.25) is 9.59 Å². The van der Waals surface area contributed by atoms with E-state index in [1.54, 1.807) is 31.4 Å². The fraction of sp³-hybridized carbons (Fsp3) is 0.273. The number of pyridine rings is 1. The summed E-state index contributed by atoms with van der Waals surface area (Å²) >= 11 is 6.24. The van der Waals surface area contributed by atoms with Gasteiger partial charge in [0, 0.05) is 22.6 Å². The number of aliphatic hydroxyl groups excluding tert-OH is 1. The Morgan fingerprint density at radius 2 is 1.97 bits per heavy atom. The van der Waals surface area contributed by atoms with Crippen molar-refractivity contribution in [3.8, 4) is 5.75 Å². The monoisotopic (exact) mass is 414 g/mol. The molecule has 3 aromatic rings. The lowest BCUT2D eigenvalue weighted by atomic mass is 10.1. The van der Waals surface area contributed by atoms with E-state index in [4.69, 9.17) is 16.3 Å². The number of amides is 1. The highest BCUT2D eigenvalue weighted by molar-refractivity contribution is 6.31. The third-order valence-electron chi connectivity index (χ3n) is 4.76. The van der Waals surface area contributed by atoms with E-state index < -0.39 is 0 Å². The van der Waals surface area contributed by atoms with Gasteiger partial charge in [0.05, 0.1) is 26.7 Å². The minimum absolute atomic E-state index is 0.0629. The van der Waals surface area contributed by atoms with Crippen molar-refractivity contribution < 1.29 is 14.6 Å². The minimum Gasteiger partial charge on any atom is -0.497 e. The van der Waals surface area contributed by atoms with Crippen molar-refractivity contribution in [3.63, 3.8) is 0 Å². The van der Waals surface area contributed by atoms with Gasteiger partial charge in [-0.25, -0.2) is 0 Å². The molecule has 7 heteroatoms. The average molecular weight is 415 g/mol. The molecule has 0 atom stereocenters. The third-order valence-corrected chi connectivity index (χ3v) is 5.11. The van der Waals surface area contributed by atoms with E-state index in [0.29, 0.717) is 21.9 Å². The molecule has 2 N–H and O–H groups in total. The van der Waals surface area contributed by atoms with E-state index in [1.165, 1.54) is 4.90 Å². The van der Waals surface area contributed by atoms with E-state index >= 15 is 0 Å². The van der Waals surface area contributed by atoms with Crippen LogP contribution in [0.4, 0.5) is 0 Å². The summed E-state index contributed by atoms with van der Waals surface area (Å²) in [5, 5.41) is 10.7. The first-order chi connectivity index (χ1) is 13.9. The third kappa shape index (κ3) is 4.96. The molecule has 0 radical (unpaired) electrons. The zero-order chi connectivity index (χ0) is 21.0. The summed E-state index contributed by atoms with van der Waals surface area (Å²) in [6, 6.07) is 12.7. The van der Waals surface area contributed by atoms with Gasteiger partial charge in [0.1, 0.15) is 5.75 Å². The second-order valence-corrected chi connectivity index (χ2v) is 7.29. The van der Waals surface area contributed by atoms with E-state index in [-0.39, 0.29) is 37.6 Å². The predicted molar refractivity (Wildman–Crippen MR) is 114 cm³/mol. The molecule has 1 aromatic heterocycles. The first-order valence-electron chi connectivity index (χ1n) is 9.25. The number of fused-ring (bicyclic) bond motifs is 1. The molecule has 0 saturated heterocycles. The Labute approximate surface area is 173 Å². The molecule has 0 fully saturated rings. The second kappa shape index (κ2) is 9.11. The number of hydrogen-bond donors (Lipinski definition) is 2. The summed E-state index contributed by atoms with van der Waals surface area (Å²) in [5.74, 6) is 0.381. The highest BCUT2D eigenvalue weighted by Crippen LogP contribution is 2.23. The second-order valence-electron chi connectivity index (χ2n) is 6.89. The number of rotatable bonds is 7. The van der Waals surface area contributed by atoms with Crippen LogP contribution in [0, 0.1) is 6.92 Å². The van der Waals surface area contributed by atoms with Crippen molar-refractivity contribution in [2.75, 3.05) is 20.3 Å². The zero-order valence-electron chi connectivity index (χ0n) is 16.4. The molecule has 152 valence electrons. The first-order valence-corrected chi connectivity index (χ1v) is 9.62. The van der Waals surface area contributed by atoms with E-state index in [2.05, 4.69) is 4.98 Å². The molecule has 3 rings (SSSR count). The van der Waals surface area contributed by atoms with Gasteiger partial charge in [0.25, 0.3) is 5.56 Å². The van der Waals surface area contributed by atoms with Crippen molar-refractivity contribution in [1.82, 2.24) is 9.88 Å². The zero-order valence-corrected chi connectivity index (χ0v) is 17.1. The van der Waals surface area contributed by atoms with E-state index in [0.717, 1.165) is 16.5 Å². The average Bonchev–Trinajstić information content (AvgIpc) is 2.69. The van der Waals surface area contributed by atoms with Crippen LogP contribution in [-0.2, 0) is 17.8 Å². The summed E-state index contributed by atoms with van der Waals surface area (Å²) in [5.41, 5.74) is 2.69. The number of nitrogens with one attached hydrogen (secondary N) is 1. The van der Waals surface area contributed by atoms with Crippen LogP contribution in [0.2, 0.25) is 5.02 Å². The van der Waals surface area contributed by atoms with Crippen LogP contribution in [0.3, 0.4) is 0 Å². The van der Waals surface area contributed by atoms with Gasteiger partial charge in [-0.05, 0) is 48.2 Å². The molecule has 1 amide bonds. The lowest BCUT2D eigenvalue weighted by Gasteiger charge is -2.22. The highest BCUT2D eigenvalue weighted by atomic mass is 35.5. The number of aliphatic hydroxyl groups is 1. The number of hydrogen-bond acceptors (Lipinski definition) is 4. The number of halogens is 1. The quantitative estimate of drug-likeness (QED) is 0.622. The Morgan fingerprint density at radius 3 is 2.66 bits per heavy atom. The fourth-order valence-electron chi connectivity index (χ4n) is 3.18. The molecule has 0 aliphatic heterocycles. The maximum Gasteiger partial charge on any atom is 0.253 e. The Hall–Kier alpha value is -2.83. The van der Waals surface area contributed by atoms with Crippen molar-refractivity contribution in [3.05, 3.63) is 74.5 Å². The molecule has 0 aliphatic rings. The smallest absolute Gasteiger partial charge is 0.253 e. The molecule has 0 unspecified atom stereocenters. The summed E-state index contributed by atoms with van der Waals surface area (Å²) < 4.78 is 5.13.